The molecule has 2 aromatic rings. The van der Waals surface area contributed by atoms with Crippen molar-refractivity contribution in [2.45, 2.75) is 30.8 Å². The highest BCUT2D eigenvalue weighted by molar-refractivity contribution is 5.36. The minimum atomic E-state index is -0.298. The van der Waals surface area contributed by atoms with Gasteiger partial charge in [0, 0.05) is 25.0 Å². The Hall–Kier alpha value is -2.18. The van der Waals surface area contributed by atoms with Crippen LogP contribution in [0.2, 0.25) is 0 Å². The largest absolute Gasteiger partial charge is 0.310 e. The zero-order valence-corrected chi connectivity index (χ0v) is 11.3. The van der Waals surface area contributed by atoms with E-state index in [2.05, 4.69) is 34.6 Å². The molecule has 0 aliphatic heterocycles. The predicted octanol–water partition coefficient (Wildman–Crippen LogP) is 2.80. The van der Waals surface area contributed by atoms with Crippen molar-refractivity contribution in [2.75, 3.05) is 0 Å². The number of aromatic nitrogens is 1. The molecule has 0 spiro atoms. The number of rotatable bonds is 4. The Kier molecular flexibility index (Phi) is 3.49. The van der Waals surface area contributed by atoms with Crippen LogP contribution in [0.3, 0.4) is 0 Å². The first kappa shape index (κ1) is 12.8. The molecule has 0 saturated heterocycles. The standard InChI is InChI=1S/C17H17N3/c18-13-17(15-6-2-1-3-7-15)9-16(10-17)20-12-14-5-4-8-19-11-14/h1-8,11,16,20H,9-10,12H2. The van der Waals surface area contributed by atoms with Gasteiger partial charge in [-0.05, 0) is 30.0 Å². The highest BCUT2D eigenvalue weighted by Crippen LogP contribution is 2.43. The summed E-state index contributed by atoms with van der Waals surface area (Å²) in [5, 5.41) is 13.0. The fourth-order valence-electron chi connectivity index (χ4n) is 2.84. The Morgan fingerprint density at radius 3 is 2.65 bits per heavy atom. The molecule has 0 atom stereocenters. The lowest BCUT2D eigenvalue weighted by Gasteiger charge is -2.43. The van der Waals surface area contributed by atoms with Crippen LogP contribution < -0.4 is 5.32 Å². The second kappa shape index (κ2) is 5.44. The summed E-state index contributed by atoms with van der Waals surface area (Å²) in [6.07, 6.45) is 5.42. The van der Waals surface area contributed by atoms with Crippen molar-refractivity contribution in [3.8, 4) is 6.07 Å². The molecule has 20 heavy (non-hydrogen) atoms. The molecule has 3 heteroatoms. The van der Waals surface area contributed by atoms with Gasteiger partial charge >= 0.3 is 0 Å². The normalized spacial score (nSPS) is 24.6. The average Bonchev–Trinajstić information content (AvgIpc) is 2.48. The molecule has 1 N–H and O–H groups in total. The average molecular weight is 263 g/mol. The number of nitriles is 1. The van der Waals surface area contributed by atoms with Crippen LogP contribution in [0.15, 0.2) is 54.9 Å². The van der Waals surface area contributed by atoms with Gasteiger partial charge in [-0.3, -0.25) is 4.98 Å². The first-order valence-electron chi connectivity index (χ1n) is 6.91. The summed E-state index contributed by atoms with van der Waals surface area (Å²) in [5.41, 5.74) is 2.03. The maximum absolute atomic E-state index is 9.51. The molecule has 1 heterocycles. The SMILES string of the molecule is N#CC1(c2ccccc2)CC(NCc2cccnc2)C1. The molecule has 1 fully saturated rings. The van der Waals surface area contributed by atoms with Gasteiger partial charge in [0.2, 0.25) is 0 Å². The van der Waals surface area contributed by atoms with Gasteiger partial charge in [-0.25, -0.2) is 0 Å². The topological polar surface area (TPSA) is 48.7 Å². The summed E-state index contributed by atoms with van der Waals surface area (Å²) in [6.45, 7) is 0.814. The number of pyridine rings is 1. The monoisotopic (exact) mass is 263 g/mol. The lowest BCUT2D eigenvalue weighted by Crippen LogP contribution is -2.50. The third-order valence-corrected chi connectivity index (χ3v) is 4.05. The zero-order chi connectivity index (χ0) is 13.8. The van der Waals surface area contributed by atoms with E-state index < -0.39 is 0 Å². The third-order valence-electron chi connectivity index (χ3n) is 4.05. The Morgan fingerprint density at radius 2 is 2.00 bits per heavy atom. The van der Waals surface area contributed by atoms with Gasteiger partial charge in [0.25, 0.3) is 0 Å². The van der Waals surface area contributed by atoms with Crippen molar-refractivity contribution in [3.05, 3.63) is 66.0 Å². The molecule has 1 aliphatic rings. The molecule has 3 rings (SSSR count). The van der Waals surface area contributed by atoms with Gasteiger partial charge in [0.1, 0.15) is 0 Å². The van der Waals surface area contributed by atoms with Crippen molar-refractivity contribution < 1.29 is 0 Å². The fraction of sp³-hybridized carbons (Fsp3) is 0.294. The predicted molar refractivity (Wildman–Crippen MR) is 77.8 cm³/mol. The Balaban J connectivity index is 1.59. The summed E-state index contributed by atoms with van der Waals surface area (Å²) in [4.78, 5) is 4.11. The maximum atomic E-state index is 9.51. The maximum Gasteiger partial charge on any atom is 0.0852 e. The van der Waals surface area contributed by atoms with Gasteiger partial charge in [-0.2, -0.15) is 5.26 Å². The quantitative estimate of drug-likeness (QED) is 0.922. The van der Waals surface area contributed by atoms with E-state index in [1.165, 1.54) is 5.56 Å². The summed E-state index contributed by atoms with van der Waals surface area (Å²) in [7, 11) is 0. The number of hydrogen-bond donors (Lipinski definition) is 1. The summed E-state index contributed by atoms with van der Waals surface area (Å²) in [5.74, 6) is 0. The van der Waals surface area contributed by atoms with E-state index in [1.54, 1.807) is 6.20 Å². The molecular weight excluding hydrogens is 246 g/mol. The van der Waals surface area contributed by atoms with Gasteiger partial charge in [0.05, 0.1) is 11.5 Å². The molecule has 1 aromatic heterocycles. The number of hydrogen-bond acceptors (Lipinski definition) is 3. The molecule has 3 nitrogen and oxygen atoms in total. The minimum absolute atomic E-state index is 0.298. The summed E-state index contributed by atoms with van der Waals surface area (Å²) < 4.78 is 0. The van der Waals surface area contributed by atoms with Crippen molar-refractivity contribution in [2.24, 2.45) is 0 Å². The molecule has 0 unspecified atom stereocenters. The zero-order valence-electron chi connectivity index (χ0n) is 11.3. The summed E-state index contributed by atoms with van der Waals surface area (Å²) >= 11 is 0. The van der Waals surface area contributed by atoms with Crippen LogP contribution in [0, 0.1) is 11.3 Å². The lowest BCUT2D eigenvalue weighted by atomic mass is 9.62. The van der Waals surface area contributed by atoms with Crippen molar-refractivity contribution in [1.82, 2.24) is 10.3 Å². The van der Waals surface area contributed by atoms with E-state index in [0.717, 1.165) is 24.9 Å². The van der Waals surface area contributed by atoms with E-state index in [1.807, 2.05) is 30.5 Å². The van der Waals surface area contributed by atoms with E-state index in [-0.39, 0.29) is 5.41 Å². The molecular formula is C17H17N3. The van der Waals surface area contributed by atoms with Gasteiger partial charge in [-0.1, -0.05) is 36.4 Å². The van der Waals surface area contributed by atoms with Crippen LogP contribution in [-0.2, 0) is 12.0 Å². The lowest BCUT2D eigenvalue weighted by molar-refractivity contribution is 0.225. The number of benzene rings is 1. The van der Waals surface area contributed by atoms with Crippen LogP contribution in [-0.4, -0.2) is 11.0 Å². The van der Waals surface area contributed by atoms with Crippen molar-refractivity contribution in [3.63, 3.8) is 0 Å². The molecule has 1 saturated carbocycles. The highest BCUT2D eigenvalue weighted by Gasteiger charge is 2.45. The van der Waals surface area contributed by atoms with Crippen LogP contribution in [0.5, 0.6) is 0 Å². The first-order chi connectivity index (χ1) is 9.82. The molecule has 100 valence electrons. The van der Waals surface area contributed by atoms with Crippen molar-refractivity contribution in [1.29, 1.82) is 5.26 Å². The molecule has 1 aromatic carbocycles. The van der Waals surface area contributed by atoms with Gasteiger partial charge in [0.15, 0.2) is 0 Å². The van der Waals surface area contributed by atoms with Crippen LogP contribution >= 0.6 is 0 Å². The molecule has 0 amide bonds. The fourth-order valence-corrected chi connectivity index (χ4v) is 2.84. The number of nitrogens with one attached hydrogen (secondary N) is 1. The Labute approximate surface area is 119 Å². The second-order valence-electron chi connectivity index (χ2n) is 5.41. The van der Waals surface area contributed by atoms with E-state index in [4.69, 9.17) is 0 Å². The van der Waals surface area contributed by atoms with Gasteiger partial charge in [-0.15, -0.1) is 0 Å². The van der Waals surface area contributed by atoms with Crippen LogP contribution in [0.1, 0.15) is 24.0 Å². The van der Waals surface area contributed by atoms with Gasteiger partial charge < -0.3 is 5.32 Å². The Morgan fingerprint density at radius 1 is 1.20 bits per heavy atom. The first-order valence-corrected chi connectivity index (χ1v) is 6.91. The summed E-state index contributed by atoms with van der Waals surface area (Å²) in [6, 6.07) is 17.0. The van der Waals surface area contributed by atoms with E-state index >= 15 is 0 Å². The van der Waals surface area contributed by atoms with Crippen molar-refractivity contribution >= 4 is 0 Å². The second-order valence-corrected chi connectivity index (χ2v) is 5.41. The molecule has 0 bridgehead atoms. The Bertz CT molecular complexity index is 595. The van der Waals surface area contributed by atoms with Crippen LogP contribution in [0.4, 0.5) is 0 Å². The highest BCUT2D eigenvalue weighted by atomic mass is 14.9. The molecule has 0 radical (unpaired) electrons. The van der Waals surface area contributed by atoms with E-state index in [0.29, 0.717) is 6.04 Å². The number of nitrogens with zero attached hydrogens (tertiary/aromatic N) is 2. The molecule has 1 aliphatic carbocycles. The third kappa shape index (κ3) is 2.43. The smallest absolute Gasteiger partial charge is 0.0852 e. The minimum Gasteiger partial charge on any atom is -0.310 e. The van der Waals surface area contributed by atoms with E-state index in [9.17, 15) is 5.26 Å². The van der Waals surface area contributed by atoms with Crippen LogP contribution in [0.25, 0.3) is 0 Å².